The van der Waals surface area contributed by atoms with E-state index in [1.165, 1.54) is 11.3 Å². The fourth-order valence-corrected chi connectivity index (χ4v) is 3.25. The van der Waals surface area contributed by atoms with E-state index < -0.39 is 0 Å². The first-order chi connectivity index (χ1) is 12.0. The minimum atomic E-state index is -0.249. The van der Waals surface area contributed by atoms with Crippen LogP contribution in [-0.2, 0) is 4.79 Å². The van der Waals surface area contributed by atoms with E-state index in [1.807, 2.05) is 12.3 Å². The molecule has 0 saturated carbocycles. The van der Waals surface area contributed by atoms with Crippen LogP contribution in [-0.4, -0.2) is 34.8 Å². The molecule has 0 radical (unpaired) electrons. The van der Waals surface area contributed by atoms with Crippen molar-refractivity contribution >= 4 is 39.9 Å². The number of hydrogen-bond donors (Lipinski definition) is 1. The first kappa shape index (κ1) is 19.4. The van der Waals surface area contributed by atoms with Crippen LogP contribution in [0.25, 0.3) is 0 Å². The molecule has 0 aliphatic heterocycles. The Kier molecular flexibility index (Phi) is 7.40. The summed E-state index contributed by atoms with van der Waals surface area (Å²) in [5.74, 6) is -0.440. The number of aromatic nitrogens is 1. The molecule has 2 rings (SSSR count). The predicted molar refractivity (Wildman–Crippen MR) is 102 cm³/mol. The lowest BCUT2D eigenvalue weighted by atomic mass is 10.1. The van der Waals surface area contributed by atoms with Gasteiger partial charge in [0.2, 0.25) is 5.91 Å². The van der Waals surface area contributed by atoms with Crippen LogP contribution < -0.4 is 5.32 Å². The summed E-state index contributed by atoms with van der Waals surface area (Å²) in [6, 6.07) is 6.79. The molecule has 0 fully saturated rings. The van der Waals surface area contributed by atoms with Gasteiger partial charge in [-0.05, 0) is 31.5 Å². The monoisotopic (exact) mass is 379 g/mol. The zero-order valence-corrected chi connectivity index (χ0v) is 16.0. The Labute approximate surface area is 157 Å². The van der Waals surface area contributed by atoms with Gasteiger partial charge in [-0.25, -0.2) is 4.98 Å². The second-order valence-electron chi connectivity index (χ2n) is 5.79. The van der Waals surface area contributed by atoms with Crippen molar-refractivity contribution in [3.05, 3.63) is 45.9 Å². The number of nitrogens with one attached hydrogen (secondary N) is 1. The Morgan fingerprint density at radius 1 is 1.32 bits per heavy atom. The summed E-state index contributed by atoms with van der Waals surface area (Å²) < 4.78 is 0. The number of unbranched alkanes of at least 4 members (excludes halogenated alkanes) is 2. The van der Waals surface area contributed by atoms with Crippen LogP contribution in [0.5, 0.6) is 0 Å². The molecule has 134 valence electrons. The summed E-state index contributed by atoms with van der Waals surface area (Å²) in [7, 11) is 0. The Morgan fingerprint density at radius 3 is 2.76 bits per heavy atom. The zero-order chi connectivity index (χ0) is 18.2. The third-order valence-electron chi connectivity index (χ3n) is 3.59. The molecule has 1 aromatic carbocycles. The van der Waals surface area contributed by atoms with Gasteiger partial charge in [0.1, 0.15) is 6.54 Å². The van der Waals surface area contributed by atoms with Gasteiger partial charge in [-0.2, -0.15) is 0 Å². The maximum absolute atomic E-state index is 12.8. The summed E-state index contributed by atoms with van der Waals surface area (Å²) in [5, 5.41) is 5.67. The van der Waals surface area contributed by atoms with Crippen LogP contribution in [0.2, 0.25) is 5.02 Å². The van der Waals surface area contributed by atoms with E-state index in [0.29, 0.717) is 22.3 Å². The summed E-state index contributed by atoms with van der Waals surface area (Å²) >= 11 is 7.35. The van der Waals surface area contributed by atoms with Crippen LogP contribution in [0.4, 0.5) is 5.13 Å². The standard InChI is InChI=1S/C18H22ClN3O2S/c1-3-4-5-9-22(17(24)14-7-6-8-15(19)10-14)11-16(23)21-18-20-13(2)12-25-18/h6-8,10,12H,3-5,9,11H2,1-2H3,(H,20,21,23). The minimum Gasteiger partial charge on any atom is -0.329 e. The molecule has 1 N–H and O–H groups in total. The quantitative estimate of drug-likeness (QED) is 0.692. The molecule has 0 aliphatic rings. The Balaban J connectivity index is 2.06. The van der Waals surface area contributed by atoms with E-state index in [4.69, 9.17) is 11.6 Å². The largest absolute Gasteiger partial charge is 0.329 e. The van der Waals surface area contributed by atoms with Crippen molar-refractivity contribution in [2.24, 2.45) is 0 Å². The zero-order valence-electron chi connectivity index (χ0n) is 14.4. The second kappa shape index (κ2) is 9.53. The fourth-order valence-electron chi connectivity index (χ4n) is 2.35. The number of rotatable bonds is 8. The van der Waals surface area contributed by atoms with Crippen molar-refractivity contribution in [1.29, 1.82) is 0 Å². The Hall–Kier alpha value is -1.92. The van der Waals surface area contributed by atoms with E-state index in [0.717, 1.165) is 25.0 Å². The Morgan fingerprint density at radius 2 is 2.12 bits per heavy atom. The molecule has 0 unspecified atom stereocenters. The number of aryl methyl sites for hydroxylation is 1. The highest BCUT2D eigenvalue weighted by Gasteiger charge is 2.19. The third kappa shape index (κ3) is 6.14. The number of carbonyl (C=O) groups excluding carboxylic acids is 2. The summed E-state index contributed by atoms with van der Waals surface area (Å²) in [5.41, 5.74) is 1.34. The SMILES string of the molecule is CCCCCN(CC(=O)Nc1nc(C)cs1)C(=O)c1cccc(Cl)c1. The van der Waals surface area contributed by atoms with Crippen molar-refractivity contribution < 1.29 is 9.59 Å². The number of hydrogen-bond acceptors (Lipinski definition) is 4. The summed E-state index contributed by atoms with van der Waals surface area (Å²) in [6.07, 6.45) is 2.91. The average Bonchev–Trinajstić information content (AvgIpc) is 2.98. The lowest BCUT2D eigenvalue weighted by molar-refractivity contribution is -0.116. The number of halogens is 1. The van der Waals surface area contributed by atoms with Crippen LogP contribution in [0.1, 0.15) is 42.2 Å². The van der Waals surface area contributed by atoms with Crippen LogP contribution in [0, 0.1) is 6.92 Å². The van der Waals surface area contributed by atoms with Gasteiger partial charge in [-0.1, -0.05) is 37.4 Å². The maximum Gasteiger partial charge on any atom is 0.254 e. The molecule has 25 heavy (non-hydrogen) atoms. The van der Waals surface area contributed by atoms with Crippen molar-refractivity contribution in [3.63, 3.8) is 0 Å². The van der Waals surface area contributed by atoms with Gasteiger partial charge < -0.3 is 10.2 Å². The molecule has 2 amide bonds. The molecule has 1 heterocycles. The van der Waals surface area contributed by atoms with E-state index in [9.17, 15) is 9.59 Å². The first-order valence-corrected chi connectivity index (χ1v) is 9.52. The number of nitrogens with zero attached hydrogens (tertiary/aromatic N) is 2. The molecule has 0 bridgehead atoms. The van der Waals surface area contributed by atoms with Gasteiger partial charge >= 0.3 is 0 Å². The molecule has 0 aliphatic carbocycles. The van der Waals surface area contributed by atoms with Crippen molar-refractivity contribution in [2.45, 2.75) is 33.1 Å². The number of carbonyl (C=O) groups is 2. The van der Waals surface area contributed by atoms with Gasteiger partial charge in [0.15, 0.2) is 5.13 Å². The minimum absolute atomic E-state index is 0.00626. The molecule has 5 nitrogen and oxygen atoms in total. The highest BCUT2D eigenvalue weighted by Crippen LogP contribution is 2.16. The smallest absolute Gasteiger partial charge is 0.254 e. The second-order valence-corrected chi connectivity index (χ2v) is 7.08. The lowest BCUT2D eigenvalue weighted by Crippen LogP contribution is -2.38. The molecule has 0 atom stereocenters. The molecule has 1 aromatic heterocycles. The topological polar surface area (TPSA) is 62.3 Å². The number of amides is 2. The van der Waals surface area contributed by atoms with Crippen molar-refractivity contribution in [3.8, 4) is 0 Å². The van der Waals surface area contributed by atoms with E-state index in [1.54, 1.807) is 29.2 Å². The van der Waals surface area contributed by atoms with Crippen LogP contribution >= 0.6 is 22.9 Å². The van der Waals surface area contributed by atoms with Crippen LogP contribution in [0.15, 0.2) is 29.6 Å². The summed E-state index contributed by atoms with van der Waals surface area (Å²) in [6.45, 7) is 4.49. The third-order valence-corrected chi connectivity index (χ3v) is 4.70. The van der Waals surface area contributed by atoms with E-state index in [2.05, 4.69) is 17.2 Å². The van der Waals surface area contributed by atoms with Crippen molar-refractivity contribution in [1.82, 2.24) is 9.88 Å². The molecule has 0 saturated heterocycles. The molecule has 7 heteroatoms. The number of thiazole rings is 1. The predicted octanol–water partition coefficient (Wildman–Crippen LogP) is 4.38. The molecular formula is C18H22ClN3O2S. The highest BCUT2D eigenvalue weighted by atomic mass is 35.5. The van der Waals surface area contributed by atoms with E-state index >= 15 is 0 Å². The molecule has 2 aromatic rings. The normalized spacial score (nSPS) is 10.5. The van der Waals surface area contributed by atoms with Gasteiger partial charge in [-0.15, -0.1) is 11.3 Å². The Bertz CT molecular complexity index is 733. The van der Waals surface area contributed by atoms with E-state index in [-0.39, 0.29) is 18.4 Å². The number of anilines is 1. The molecular weight excluding hydrogens is 358 g/mol. The summed E-state index contributed by atoms with van der Waals surface area (Å²) in [4.78, 5) is 30.8. The lowest BCUT2D eigenvalue weighted by Gasteiger charge is -2.22. The molecule has 0 spiro atoms. The van der Waals surface area contributed by atoms with Crippen LogP contribution in [0.3, 0.4) is 0 Å². The van der Waals surface area contributed by atoms with Gasteiger partial charge in [0.25, 0.3) is 5.91 Å². The number of benzene rings is 1. The maximum atomic E-state index is 12.8. The first-order valence-electron chi connectivity index (χ1n) is 8.26. The highest BCUT2D eigenvalue weighted by molar-refractivity contribution is 7.13. The average molecular weight is 380 g/mol. The fraction of sp³-hybridized carbons (Fsp3) is 0.389. The van der Waals surface area contributed by atoms with Crippen molar-refractivity contribution in [2.75, 3.05) is 18.4 Å². The van der Waals surface area contributed by atoms with Gasteiger partial charge in [0.05, 0.1) is 5.69 Å². The van der Waals surface area contributed by atoms with Gasteiger partial charge in [0, 0.05) is 22.5 Å². The van der Waals surface area contributed by atoms with Gasteiger partial charge in [-0.3, -0.25) is 9.59 Å².